The molecule has 0 saturated heterocycles. The molecule has 0 N–H and O–H groups in total. The Morgan fingerprint density at radius 1 is 1.35 bits per heavy atom. The second-order valence-corrected chi connectivity index (χ2v) is 6.75. The van der Waals surface area contributed by atoms with E-state index in [0.717, 1.165) is 19.4 Å². The van der Waals surface area contributed by atoms with Crippen molar-refractivity contribution in [3.8, 4) is 11.5 Å². The highest BCUT2D eigenvalue weighted by Crippen LogP contribution is 2.36. The molecule has 0 radical (unpaired) electrons. The minimum atomic E-state index is 0.00497. The van der Waals surface area contributed by atoms with Gasteiger partial charge < -0.3 is 14.4 Å². The Kier molecular flexibility index (Phi) is 3.87. The summed E-state index contributed by atoms with van der Waals surface area (Å²) in [7, 11) is 1.85. The molecule has 0 aromatic heterocycles. The first-order valence-electron chi connectivity index (χ1n) is 6.93. The van der Waals surface area contributed by atoms with Crippen molar-refractivity contribution in [2.75, 3.05) is 26.8 Å². The number of benzene rings is 1. The zero-order valence-corrected chi connectivity index (χ0v) is 13.1. The Labute approximate surface area is 127 Å². The zero-order valence-electron chi connectivity index (χ0n) is 11.5. The number of halogens is 1. The lowest BCUT2D eigenvalue weighted by Crippen LogP contribution is -2.38. The SMILES string of the molecule is CN(CC1CC(Br)C1)C(=O)c1cccc2c1OCCO2. The van der Waals surface area contributed by atoms with Gasteiger partial charge in [-0.15, -0.1) is 0 Å². The number of carbonyl (C=O) groups is 1. The van der Waals surface area contributed by atoms with Gasteiger partial charge >= 0.3 is 0 Å². The summed E-state index contributed by atoms with van der Waals surface area (Å²) >= 11 is 3.58. The molecule has 1 aliphatic carbocycles. The monoisotopic (exact) mass is 339 g/mol. The zero-order chi connectivity index (χ0) is 14.1. The van der Waals surface area contributed by atoms with Crippen LogP contribution in [0, 0.1) is 5.92 Å². The van der Waals surface area contributed by atoms with E-state index in [1.54, 1.807) is 11.0 Å². The van der Waals surface area contributed by atoms with Gasteiger partial charge in [-0.25, -0.2) is 0 Å². The van der Waals surface area contributed by atoms with Crippen molar-refractivity contribution < 1.29 is 14.3 Å². The van der Waals surface area contributed by atoms with Crippen molar-refractivity contribution in [2.24, 2.45) is 5.92 Å². The fraction of sp³-hybridized carbons (Fsp3) is 0.533. The molecule has 2 aliphatic rings. The second-order valence-electron chi connectivity index (χ2n) is 5.45. The summed E-state index contributed by atoms with van der Waals surface area (Å²) in [6.45, 7) is 1.83. The molecule has 5 heteroatoms. The minimum Gasteiger partial charge on any atom is -0.486 e. The number of amides is 1. The Hall–Kier alpha value is -1.23. The highest BCUT2D eigenvalue weighted by molar-refractivity contribution is 9.09. The van der Waals surface area contributed by atoms with Crippen LogP contribution in [0.25, 0.3) is 0 Å². The lowest BCUT2D eigenvalue weighted by atomic mass is 9.85. The van der Waals surface area contributed by atoms with E-state index in [1.165, 1.54) is 0 Å². The quantitative estimate of drug-likeness (QED) is 0.795. The maximum atomic E-state index is 12.6. The smallest absolute Gasteiger partial charge is 0.257 e. The molecule has 4 nitrogen and oxygen atoms in total. The largest absolute Gasteiger partial charge is 0.486 e. The number of nitrogens with zero attached hydrogens (tertiary/aromatic N) is 1. The second kappa shape index (κ2) is 5.64. The first-order valence-corrected chi connectivity index (χ1v) is 7.85. The lowest BCUT2D eigenvalue weighted by molar-refractivity contribution is 0.0738. The van der Waals surface area contributed by atoms with Crippen LogP contribution >= 0.6 is 15.9 Å². The van der Waals surface area contributed by atoms with E-state index in [2.05, 4.69) is 15.9 Å². The van der Waals surface area contributed by atoms with Gasteiger partial charge in [-0.05, 0) is 30.9 Å². The summed E-state index contributed by atoms with van der Waals surface area (Å²) in [5, 5.41) is 0. The van der Waals surface area contributed by atoms with Gasteiger partial charge in [-0.2, -0.15) is 0 Å². The summed E-state index contributed by atoms with van der Waals surface area (Å²) in [6, 6.07) is 5.49. The summed E-state index contributed by atoms with van der Waals surface area (Å²) in [6.07, 6.45) is 2.29. The summed E-state index contributed by atoms with van der Waals surface area (Å²) in [4.78, 5) is 15.0. The van der Waals surface area contributed by atoms with Crippen LogP contribution in [0.15, 0.2) is 18.2 Å². The molecule has 1 aliphatic heterocycles. The van der Waals surface area contributed by atoms with Gasteiger partial charge in [0.15, 0.2) is 11.5 Å². The van der Waals surface area contributed by atoms with E-state index < -0.39 is 0 Å². The highest BCUT2D eigenvalue weighted by atomic mass is 79.9. The maximum absolute atomic E-state index is 12.6. The molecule has 0 unspecified atom stereocenters. The third-order valence-corrected chi connectivity index (χ3v) is 4.60. The molecule has 0 spiro atoms. The van der Waals surface area contributed by atoms with E-state index in [0.29, 0.717) is 41.0 Å². The van der Waals surface area contributed by atoms with Crippen LogP contribution in [0.2, 0.25) is 0 Å². The number of hydrogen-bond donors (Lipinski definition) is 0. The van der Waals surface area contributed by atoms with E-state index in [-0.39, 0.29) is 5.91 Å². The standard InChI is InChI=1S/C15H18BrNO3/c1-17(9-10-7-11(16)8-10)15(18)12-3-2-4-13-14(12)20-6-5-19-13/h2-4,10-11H,5-9H2,1H3. The van der Waals surface area contributed by atoms with Gasteiger partial charge in [0.1, 0.15) is 13.2 Å². The van der Waals surface area contributed by atoms with Gasteiger partial charge in [0.05, 0.1) is 5.56 Å². The van der Waals surface area contributed by atoms with Crippen LogP contribution < -0.4 is 9.47 Å². The van der Waals surface area contributed by atoms with Crippen LogP contribution in [0.3, 0.4) is 0 Å². The van der Waals surface area contributed by atoms with Gasteiger partial charge in [0.2, 0.25) is 0 Å². The van der Waals surface area contributed by atoms with E-state index >= 15 is 0 Å². The van der Waals surface area contributed by atoms with Crippen molar-refractivity contribution in [1.29, 1.82) is 0 Å². The Morgan fingerprint density at radius 3 is 2.85 bits per heavy atom. The molecule has 0 atom stereocenters. The van der Waals surface area contributed by atoms with Crippen LogP contribution in [-0.2, 0) is 0 Å². The number of para-hydroxylation sites is 1. The van der Waals surface area contributed by atoms with Crippen LogP contribution in [-0.4, -0.2) is 42.4 Å². The molecule has 108 valence electrons. The molecule has 1 amide bonds. The molecule has 0 bridgehead atoms. The normalized spacial score (nSPS) is 23.9. The third-order valence-electron chi connectivity index (χ3n) is 3.85. The van der Waals surface area contributed by atoms with Crippen LogP contribution in [0.4, 0.5) is 0 Å². The fourth-order valence-electron chi connectivity index (χ4n) is 2.72. The van der Waals surface area contributed by atoms with Crippen molar-refractivity contribution in [1.82, 2.24) is 4.90 Å². The summed E-state index contributed by atoms with van der Waals surface area (Å²) in [5.41, 5.74) is 0.597. The number of alkyl halides is 1. The average molecular weight is 340 g/mol. The maximum Gasteiger partial charge on any atom is 0.257 e. The van der Waals surface area contributed by atoms with Crippen molar-refractivity contribution in [2.45, 2.75) is 17.7 Å². The fourth-order valence-corrected chi connectivity index (χ4v) is 3.78. The number of rotatable bonds is 3. The van der Waals surface area contributed by atoms with E-state index in [9.17, 15) is 4.79 Å². The number of ether oxygens (including phenoxy) is 2. The third kappa shape index (κ3) is 2.64. The molecule has 3 rings (SSSR count). The average Bonchev–Trinajstić information content (AvgIpc) is 2.44. The van der Waals surface area contributed by atoms with Gasteiger partial charge in [0.25, 0.3) is 5.91 Å². The lowest BCUT2D eigenvalue weighted by Gasteiger charge is -2.34. The van der Waals surface area contributed by atoms with Gasteiger partial charge in [-0.3, -0.25) is 4.79 Å². The molecular weight excluding hydrogens is 322 g/mol. The Morgan fingerprint density at radius 2 is 2.10 bits per heavy atom. The number of carbonyl (C=O) groups excluding carboxylic acids is 1. The highest BCUT2D eigenvalue weighted by Gasteiger charge is 2.30. The summed E-state index contributed by atoms with van der Waals surface area (Å²) in [5.74, 6) is 1.86. The van der Waals surface area contributed by atoms with Crippen LogP contribution in [0.1, 0.15) is 23.2 Å². The van der Waals surface area contributed by atoms with E-state index in [4.69, 9.17) is 9.47 Å². The van der Waals surface area contributed by atoms with Gasteiger partial charge in [0, 0.05) is 18.4 Å². The predicted octanol–water partition coefficient (Wildman–Crippen LogP) is 2.70. The topological polar surface area (TPSA) is 38.8 Å². The molecular formula is C15H18BrNO3. The molecule has 1 aromatic rings. The first-order chi connectivity index (χ1) is 9.65. The van der Waals surface area contributed by atoms with Crippen molar-refractivity contribution in [3.05, 3.63) is 23.8 Å². The van der Waals surface area contributed by atoms with Gasteiger partial charge in [-0.1, -0.05) is 22.0 Å². The molecule has 1 heterocycles. The molecule has 20 heavy (non-hydrogen) atoms. The first kappa shape index (κ1) is 13.7. The number of hydrogen-bond acceptors (Lipinski definition) is 3. The summed E-state index contributed by atoms with van der Waals surface area (Å²) < 4.78 is 11.1. The van der Waals surface area contributed by atoms with Crippen LogP contribution in [0.5, 0.6) is 11.5 Å². The molecule has 1 saturated carbocycles. The minimum absolute atomic E-state index is 0.00497. The van der Waals surface area contributed by atoms with E-state index in [1.807, 2.05) is 19.2 Å². The molecule has 1 fully saturated rings. The molecule has 1 aromatic carbocycles. The van der Waals surface area contributed by atoms with Crippen molar-refractivity contribution in [3.63, 3.8) is 0 Å². The predicted molar refractivity (Wildman–Crippen MR) is 79.8 cm³/mol. The Balaban J connectivity index is 1.73. The number of fused-ring (bicyclic) bond motifs is 1. The van der Waals surface area contributed by atoms with Crippen molar-refractivity contribution >= 4 is 21.8 Å². The Bertz CT molecular complexity index is 514.